The zero-order chi connectivity index (χ0) is 12.3. The molecule has 1 unspecified atom stereocenters. The van der Waals surface area contributed by atoms with Crippen molar-refractivity contribution >= 4 is 0 Å². The van der Waals surface area contributed by atoms with Crippen molar-refractivity contribution in [3.05, 3.63) is 42.5 Å². The summed E-state index contributed by atoms with van der Waals surface area (Å²) in [5.74, 6) is 0.344. The van der Waals surface area contributed by atoms with Crippen LogP contribution >= 0.6 is 0 Å². The van der Waals surface area contributed by atoms with Crippen molar-refractivity contribution in [3.63, 3.8) is 0 Å². The first-order valence-electron chi connectivity index (χ1n) is 6.27. The number of likely N-dealkylation sites (tertiary alicyclic amines) is 1. The van der Waals surface area contributed by atoms with Gasteiger partial charge in [-0.15, -0.1) is 6.58 Å². The maximum Gasteiger partial charge on any atom is 0.115 e. The Kier molecular flexibility index (Phi) is 3.53. The molecular weight excluding hydrogens is 210 g/mol. The van der Waals surface area contributed by atoms with Crippen molar-refractivity contribution in [1.29, 1.82) is 0 Å². The van der Waals surface area contributed by atoms with Gasteiger partial charge < -0.3 is 5.11 Å². The van der Waals surface area contributed by atoms with Gasteiger partial charge in [0.25, 0.3) is 0 Å². The maximum atomic E-state index is 9.35. The topological polar surface area (TPSA) is 23.5 Å². The van der Waals surface area contributed by atoms with Gasteiger partial charge in [-0.3, -0.25) is 4.90 Å². The van der Waals surface area contributed by atoms with E-state index in [2.05, 4.69) is 18.4 Å². The van der Waals surface area contributed by atoms with Crippen molar-refractivity contribution in [2.24, 2.45) is 0 Å². The quantitative estimate of drug-likeness (QED) is 0.808. The van der Waals surface area contributed by atoms with Gasteiger partial charge >= 0.3 is 0 Å². The second-order valence-corrected chi connectivity index (χ2v) is 5.23. The summed E-state index contributed by atoms with van der Waals surface area (Å²) in [6.07, 6.45) is 4.42. The van der Waals surface area contributed by atoms with Crippen molar-refractivity contribution < 1.29 is 5.11 Å². The van der Waals surface area contributed by atoms with E-state index in [0.717, 1.165) is 13.1 Å². The van der Waals surface area contributed by atoms with E-state index < -0.39 is 0 Å². The highest BCUT2D eigenvalue weighted by molar-refractivity contribution is 5.32. The Balaban J connectivity index is 2.17. The van der Waals surface area contributed by atoms with Crippen LogP contribution in [0, 0.1) is 0 Å². The lowest BCUT2D eigenvalue weighted by molar-refractivity contribution is 0.171. The lowest BCUT2D eigenvalue weighted by atomic mass is 9.76. The van der Waals surface area contributed by atoms with Gasteiger partial charge in [0, 0.05) is 18.5 Å². The van der Waals surface area contributed by atoms with Crippen LogP contribution in [0.5, 0.6) is 5.75 Å². The molecule has 1 aliphatic heterocycles. The van der Waals surface area contributed by atoms with Gasteiger partial charge in [0.1, 0.15) is 5.75 Å². The highest BCUT2D eigenvalue weighted by Crippen LogP contribution is 2.34. The Morgan fingerprint density at radius 2 is 2.12 bits per heavy atom. The number of hydrogen-bond donors (Lipinski definition) is 1. The summed E-state index contributed by atoms with van der Waals surface area (Å²) < 4.78 is 0. The smallest absolute Gasteiger partial charge is 0.115 e. The van der Waals surface area contributed by atoms with Crippen LogP contribution in [-0.2, 0) is 5.41 Å². The van der Waals surface area contributed by atoms with Gasteiger partial charge in [-0.2, -0.15) is 0 Å². The Hall–Kier alpha value is -1.28. The molecule has 0 aromatic heterocycles. The van der Waals surface area contributed by atoms with Crippen molar-refractivity contribution in [3.8, 4) is 5.75 Å². The summed E-state index contributed by atoms with van der Waals surface area (Å²) in [4.78, 5) is 2.45. The first-order valence-corrected chi connectivity index (χ1v) is 6.27. The number of rotatable bonds is 3. The van der Waals surface area contributed by atoms with Crippen LogP contribution in [0.15, 0.2) is 36.9 Å². The van der Waals surface area contributed by atoms with Crippen LogP contribution in [-0.4, -0.2) is 29.6 Å². The molecule has 2 nitrogen and oxygen atoms in total. The van der Waals surface area contributed by atoms with E-state index in [-0.39, 0.29) is 5.41 Å². The van der Waals surface area contributed by atoms with Crippen LogP contribution in [0.25, 0.3) is 0 Å². The Bertz CT molecular complexity index is 384. The van der Waals surface area contributed by atoms with E-state index in [1.807, 2.05) is 18.2 Å². The third-order valence-electron chi connectivity index (χ3n) is 3.73. The van der Waals surface area contributed by atoms with Crippen molar-refractivity contribution in [2.75, 3.05) is 19.6 Å². The van der Waals surface area contributed by atoms with Gasteiger partial charge in [-0.05, 0) is 37.1 Å². The highest BCUT2D eigenvalue weighted by atomic mass is 16.3. The van der Waals surface area contributed by atoms with E-state index in [1.165, 1.54) is 24.9 Å². The van der Waals surface area contributed by atoms with Gasteiger partial charge in [0.15, 0.2) is 0 Å². The first-order chi connectivity index (χ1) is 8.14. The predicted octanol–water partition coefficient (Wildman–Crippen LogP) is 2.93. The molecule has 92 valence electrons. The minimum Gasteiger partial charge on any atom is -0.508 e. The molecule has 1 aromatic rings. The number of phenolic OH excluding ortho intramolecular Hbond substituents is 1. The van der Waals surface area contributed by atoms with Crippen LogP contribution in [0.4, 0.5) is 0 Å². The van der Waals surface area contributed by atoms with Gasteiger partial charge in [-0.1, -0.05) is 25.1 Å². The van der Waals surface area contributed by atoms with Gasteiger partial charge in [0.05, 0.1) is 0 Å². The molecule has 1 N–H and O–H groups in total. The van der Waals surface area contributed by atoms with Crippen LogP contribution in [0.1, 0.15) is 25.3 Å². The van der Waals surface area contributed by atoms with Crippen molar-refractivity contribution in [2.45, 2.75) is 25.2 Å². The summed E-state index contributed by atoms with van der Waals surface area (Å²) in [5, 5.41) is 9.35. The number of nitrogens with zero attached hydrogens (tertiary/aromatic N) is 1. The molecule has 1 aliphatic rings. The Morgan fingerprint density at radius 3 is 2.76 bits per heavy atom. The second kappa shape index (κ2) is 4.92. The molecule has 1 aromatic carbocycles. The molecule has 1 saturated heterocycles. The lowest BCUT2D eigenvalue weighted by Gasteiger charge is -2.40. The summed E-state index contributed by atoms with van der Waals surface area (Å²) in [5.41, 5.74) is 1.53. The summed E-state index contributed by atoms with van der Waals surface area (Å²) in [6.45, 7) is 9.33. The fourth-order valence-corrected chi connectivity index (χ4v) is 2.78. The monoisotopic (exact) mass is 231 g/mol. The molecular formula is C15H21NO. The molecule has 0 saturated carbocycles. The molecule has 2 heteroatoms. The largest absolute Gasteiger partial charge is 0.508 e. The first kappa shape index (κ1) is 12.2. The normalized spacial score (nSPS) is 25.7. The molecule has 17 heavy (non-hydrogen) atoms. The highest BCUT2D eigenvalue weighted by Gasteiger charge is 2.31. The molecule has 0 amide bonds. The number of piperidine rings is 1. The second-order valence-electron chi connectivity index (χ2n) is 5.23. The van der Waals surface area contributed by atoms with Crippen LogP contribution in [0.3, 0.4) is 0 Å². The van der Waals surface area contributed by atoms with Crippen LogP contribution in [0.2, 0.25) is 0 Å². The third kappa shape index (κ3) is 2.70. The van der Waals surface area contributed by atoms with Crippen molar-refractivity contribution in [1.82, 2.24) is 4.90 Å². The Labute approximate surface area is 104 Å². The number of phenols is 1. The fraction of sp³-hybridized carbons (Fsp3) is 0.467. The summed E-state index contributed by atoms with van der Waals surface area (Å²) >= 11 is 0. The zero-order valence-electron chi connectivity index (χ0n) is 10.5. The van der Waals surface area contributed by atoms with E-state index in [0.29, 0.717) is 5.75 Å². The minimum absolute atomic E-state index is 0.203. The average Bonchev–Trinajstić information content (AvgIpc) is 2.30. The van der Waals surface area contributed by atoms with Gasteiger partial charge in [-0.25, -0.2) is 0 Å². The minimum atomic E-state index is 0.203. The zero-order valence-corrected chi connectivity index (χ0v) is 10.5. The van der Waals surface area contributed by atoms with Crippen LogP contribution < -0.4 is 0 Å². The van der Waals surface area contributed by atoms with Gasteiger partial charge in [0.2, 0.25) is 0 Å². The summed E-state index contributed by atoms with van der Waals surface area (Å²) in [6, 6.07) is 7.67. The predicted molar refractivity (Wildman–Crippen MR) is 71.3 cm³/mol. The fourth-order valence-electron chi connectivity index (χ4n) is 2.78. The lowest BCUT2D eigenvalue weighted by Crippen LogP contribution is -2.44. The molecule has 0 aliphatic carbocycles. The number of benzene rings is 1. The summed E-state index contributed by atoms with van der Waals surface area (Å²) in [7, 11) is 0. The van der Waals surface area contributed by atoms with E-state index in [4.69, 9.17) is 0 Å². The van der Waals surface area contributed by atoms with E-state index in [1.54, 1.807) is 12.1 Å². The number of aromatic hydroxyl groups is 1. The molecule has 1 atom stereocenters. The molecule has 0 radical (unpaired) electrons. The SMILES string of the molecule is C=CCN1CCCC(C)(c2ccc(O)cc2)C1. The molecule has 2 rings (SSSR count). The molecule has 1 fully saturated rings. The molecule has 0 spiro atoms. The number of hydrogen-bond acceptors (Lipinski definition) is 2. The maximum absolute atomic E-state index is 9.35. The Morgan fingerprint density at radius 1 is 1.41 bits per heavy atom. The average molecular weight is 231 g/mol. The van der Waals surface area contributed by atoms with E-state index in [9.17, 15) is 5.11 Å². The molecule has 1 heterocycles. The third-order valence-corrected chi connectivity index (χ3v) is 3.73. The molecule has 0 bridgehead atoms. The van der Waals surface area contributed by atoms with E-state index >= 15 is 0 Å². The standard InChI is InChI=1S/C15H21NO/c1-3-10-16-11-4-9-15(2,12-16)13-5-7-14(17)8-6-13/h3,5-8,17H,1,4,9-12H2,2H3.